The largest absolute Gasteiger partial charge is 0.497 e. The molecule has 30 heavy (non-hydrogen) atoms. The van der Waals surface area contributed by atoms with Gasteiger partial charge in [0.25, 0.3) is 5.91 Å². The summed E-state index contributed by atoms with van der Waals surface area (Å²) in [5, 5.41) is 12.4. The van der Waals surface area contributed by atoms with E-state index in [0.717, 1.165) is 47.1 Å². The zero-order valence-electron chi connectivity index (χ0n) is 17.6. The second kappa shape index (κ2) is 10.8. The Morgan fingerprint density at radius 3 is 2.83 bits per heavy atom. The van der Waals surface area contributed by atoms with Crippen LogP contribution in [0, 0.1) is 0 Å². The Kier molecular flexibility index (Phi) is 7.89. The van der Waals surface area contributed by atoms with Gasteiger partial charge in [-0.3, -0.25) is 4.79 Å². The molecule has 0 radical (unpaired) electrons. The molecule has 0 saturated heterocycles. The molecule has 1 aromatic carbocycles. The number of carbonyl (C=O) groups excluding carboxylic acids is 1. The first-order valence-corrected chi connectivity index (χ1v) is 11.2. The van der Waals surface area contributed by atoms with Crippen molar-refractivity contribution < 1.29 is 9.53 Å². The van der Waals surface area contributed by atoms with Gasteiger partial charge in [-0.25, -0.2) is 14.6 Å². The number of fused-ring (bicyclic) bond motifs is 1. The third-order valence-corrected chi connectivity index (χ3v) is 5.45. The quantitative estimate of drug-likeness (QED) is 0.356. The second-order valence-corrected chi connectivity index (χ2v) is 7.78. The third-order valence-electron chi connectivity index (χ3n) is 4.39. The average molecular weight is 429 g/mol. The number of amides is 1. The maximum Gasteiger partial charge on any atom is 0.251 e. The molecule has 0 atom stereocenters. The first kappa shape index (κ1) is 21.9. The Bertz CT molecular complexity index is 991. The van der Waals surface area contributed by atoms with Gasteiger partial charge < -0.3 is 15.4 Å². The smallest absolute Gasteiger partial charge is 0.251 e. The van der Waals surface area contributed by atoms with Crippen molar-refractivity contribution in [3.05, 3.63) is 36.0 Å². The first-order chi connectivity index (χ1) is 14.7. The van der Waals surface area contributed by atoms with E-state index in [2.05, 4.69) is 34.6 Å². The lowest BCUT2D eigenvalue weighted by atomic mass is 10.2. The molecule has 0 aliphatic carbocycles. The van der Waals surface area contributed by atoms with Crippen LogP contribution in [0.5, 0.6) is 5.75 Å². The van der Waals surface area contributed by atoms with Crippen molar-refractivity contribution in [1.29, 1.82) is 0 Å². The van der Waals surface area contributed by atoms with Crippen molar-refractivity contribution in [2.75, 3.05) is 31.3 Å². The Balaban J connectivity index is 1.72. The van der Waals surface area contributed by atoms with E-state index in [-0.39, 0.29) is 5.91 Å². The van der Waals surface area contributed by atoms with E-state index in [1.54, 1.807) is 43.3 Å². The summed E-state index contributed by atoms with van der Waals surface area (Å²) in [7, 11) is 1.58. The maximum atomic E-state index is 12.4. The van der Waals surface area contributed by atoms with Gasteiger partial charge in [0.1, 0.15) is 11.6 Å². The summed E-state index contributed by atoms with van der Waals surface area (Å²) in [5.41, 5.74) is 1.34. The summed E-state index contributed by atoms with van der Waals surface area (Å²) in [5.74, 6) is 2.28. The molecule has 2 N–H and O–H groups in total. The maximum absolute atomic E-state index is 12.4. The zero-order chi connectivity index (χ0) is 21.3. The SMILES string of the molecule is CCCNc1nc(SCCC)nc2c1cnn2CCNC(=O)c1cccc(OC)c1. The van der Waals surface area contributed by atoms with Gasteiger partial charge in [-0.05, 0) is 31.0 Å². The number of aromatic nitrogens is 4. The summed E-state index contributed by atoms with van der Waals surface area (Å²) >= 11 is 1.64. The summed E-state index contributed by atoms with van der Waals surface area (Å²) in [6.45, 7) is 6.04. The van der Waals surface area contributed by atoms with Crippen LogP contribution in [-0.4, -0.2) is 51.6 Å². The number of hydrogen-bond acceptors (Lipinski definition) is 7. The minimum absolute atomic E-state index is 0.149. The van der Waals surface area contributed by atoms with Crippen LogP contribution in [-0.2, 0) is 6.54 Å². The van der Waals surface area contributed by atoms with Crippen molar-refractivity contribution >= 4 is 34.5 Å². The Hall–Kier alpha value is -2.81. The highest BCUT2D eigenvalue weighted by atomic mass is 32.2. The van der Waals surface area contributed by atoms with E-state index in [4.69, 9.17) is 9.72 Å². The molecule has 0 fully saturated rings. The van der Waals surface area contributed by atoms with E-state index in [9.17, 15) is 4.79 Å². The van der Waals surface area contributed by atoms with Gasteiger partial charge in [0.2, 0.25) is 0 Å². The topological polar surface area (TPSA) is 94.0 Å². The number of nitrogens with zero attached hydrogens (tertiary/aromatic N) is 4. The number of methoxy groups -OCH3 is 1. The van der Waals surface area contributed by atoms with Crippen molar-refractivity contribution in [3.8, 4) is 5.75 Å². The van der Waals surface area contributed by atoms with Gasteiger partial charge in [0.05, 0.1) is 25.2 Å². The molecule has 2 heterocycles. The zero-order valence-corrected chi connectivity index (χ0v) is 18.5. The molecule has 3 rings (SSSR count). The van der Waals surface area contributed by atoms with Crippen LogP contribution in [0.3, 0.4) is 0 Å². The summed E-state index contributed by atoms with van der Waals surface area (Å²) < 4.78 is 6.99. The van der Waals surface area contributed by atoms with Crippen LogP contribution < -0.4 is 15.4 Å². The van der Waals surface area contributed by atoms with Gasteiger partial charge in [-0.2, -0.15) is 5.10 Å². The fourth-order valence-electron chi connectivity index (χ4n) is 2.88. The summed E-state index contributed by atoms with van der Waals surface area (Å²) in [6, 6.07) is 7.09. The minimum Gasteiger partial charge on any atom is -0.497 e. The van der Waals surface area contributed by atoms with E-state index in [0.29, 0.717) is 24.4 Å². The van der Waals surface area contributed by atoms with Crippen LogP contribution in [0.4, 0.5) is 5.82 Å². The van der Waals surface area contributed by atoms with Crippen molar-refractivity contribution in [1.82, 2.24) is 25.1 Å². The Morgan fingerprint density at radius 2 is 2.07 bits per heavy atom. The fourth-order valence-corrected chi connectivity index (χ4v) is 3.57. The highest BCUT2D eigenvalue weighted by Gasteiger charge is 2.14. The normalized spacial score (nSPS) is 10.9. The molecule has 0 bridgehead atoms. The molecular formula is C21H28N6O2S. The third kappa shape index (κ3) is 5.41. The molecule has 0 aliphatic heterocycles. The minimum atomic E-state index is -0.149. The molecule has 8 nitrogen and oxygen atoms in total. The molecule has 160 valence electrons. The van der Waals surface area contributed by atoms with Gasteiger partial charge in [0.15, 0.2) is 10.8 Å². The van der Waals surface area contributed by atoms with Gasteiger partial charge in [-0.1, -0.05) is 31.7 Å². The van der Waals surface area contributed by atoms with Crippen molar-refractivity contribution in [2.24, 2.45) is 0 Å². The predicted molar refractivity (Wildman–Crippen MR) is 120 cm³/mol. The first-order valence-electron chi connectivity index (χ1n) is 10.2. The molecule has 0 saturated carbocycles. The monoisotopic (exact) mass is 428 g/mol. The number of carbonyl (C=O) groups is 1. The highest BCUT2D eigenvalue weighted by molar-refractivity contribution is 7.99. The van der Waals surface area contributed by atoms with Crippen LogP contribution in [0.1, 0.15) is 37.0 Å². The molecule has 1 amide bonds. The predicted octanol–water partition coefficient (Wildman–Crippen LogP) is 3.59. The van der Waals surface area contributed by atoms with E-state index < -0.39 is 0 Å². The lowest BCUT2D eigenvalue weighted by molar-refractivity contribution is 0.0951. The van der Waals surface area contributed by atoms with Gasteiger partial charge >= 0.3 is 0 Å². The Morgan fingerprint density at radius 1 is 1.20 bits per heavy atom. The van der Waals surface area contributed by atoms with Crippen LogP contribution in [0.2, 0.25) is 0 Å². The number of rotatable bonds is 11. The number of nitrogens with one attached hydrogen (secondary N) is 2. The van der Waals surface area contributed by atoms with Crippen LogP contribution >= 0.6 is 11.8 Å². The van der Waals surface area contributed by atoms with Crippen molar-refractivity contribution in [2.45, 2.75) is 38.4 Å². The average Bonchev–Trinajstić information content (AvgIpc) is 3.19. The highest BCUT2D eigenvalue weighted by Crippen LogP contribution is 2.24. The number of ether oxygens (including phenoxy) is 1. The molecular weight excluding hydrogens is 400 g/mol. The lowest BCUT2D eigenvalue weighted by Gasteiger charge is -2.10. The number of benzene rings is 1. The standard InChI is InChI=1S/C21H28N6O2S/c1-4-9-22-18-17-14-24-27(19(17)26-21(25-18)30-12-5-2)11-10-23-20(28)15-7-6-8-16(13-15)29-3/h6-8,13-14H,4-5,9-12H2,1-3H3,(H,23,28)(H,22,25,26). The van der Waals surface area contributed by atoms with E-state index in [1.807, 2.05) is 10.7 Å². The molecule has 9 heteroatoms. The molecule has 2 aromatic heterocycles. The van der Waals surface area contributed by atoms with Crippen LogP contribution in [0.15, 0.2) is 35.6 Å². The summed E-state index contributed by atoms with van der Waals surface area (Å²) in [6.07, 6.45) is 3.85. The van der Waals surface area contributed by atoms with E-state index in [1.165, 1.54) is 0 Å². The van der Waals surface area contributed by atoms with Crippen LogP contribution in [0.25, 0.3) is 11.0 Å². The molecule has 0 spiro atoms. The summed E-state index contributed by atoms with van der Waals surface area (Å²) in [4.78, 5) is 21.8. The fraction of sp³-hybridized carbons (Fsp3) is 0.429. The van der Waals surface area contributed by atoms with Gasteiger partial charge in [0, 0.05) is 24.4 Å². The molecule has 0 unspecified atom stereocenters. The van der Waals surface area contributed by atoms with Crippen molar-refractivity contribution in [3.63, 3.8) is 0 Å². The van der Waals surface area contributed by atoms with Gasteiger partial charge in [-0.15, -0.1) is 0 Å². The second-order valence-electron chi connectivity index (χ2n) is 6.72. The van der Waals surface area contributed by atoms with E-state index >= 15 is 0 Å². The number of thioether (sulfide) groups is 1. The molecule has 3 aromatic rings. The lowest BCUT2D eigenvalue weighted by Crippen LogP contribution is -2.27. The number of anilines is 1. The molecule has 0 aliphatic rings. The number of hydrogen-bond donors (Lipinski definition) is 2. The Labute approximate surface area is 180 Å².